The zero-order chi connectivity index (χ0) is 18.7. The number of halogens is 1. The SMILES string of the molecule is CC(C)c1cc(=O)oc2cc(OC(=O)COc3cccc(F)c3)ccc12. The second kappa shape index (κ2) is 7.39. The second-order valence-electron chi connectivity index (χ2n) is 6.05. The summed E-state index contributed by atoms with van der Waals surface area (Å²) in [7, 11) is 0. The lowest BCUT2D eigenvalue weighted by Gasteiger charge is -2.10. The summed E-state index contributed by atoms with van der Waals surface area (Å²) in [5.41, 5.74) is 0.750. The van der Waals surface area contributed by atoms with Gasteiger partial charge in [-0.05, 0) is 35.7 Å². The highest BCUT2D eigenvalue weighted by Crippen LogP contribution is 2.27. The van der Waals surface area contributed by atoms with Gasteiger partial charge in [0.1, 0.15) is 22.9 Å². The zero-order valence-corrected chi connectivity index (χ0v) is 14.3. The molecule has 0 aliphatic carbocycles. The summed E-state index contributed by atoms with van der Waals surface area (Å²) in [6, 6.07) is 11.8. The molecular formula is C20H17FO5. The Balaban J connectivity index is 1.74. The van der Waals surface area contributed by atoms with E-state index in [1.807, 2.05) is 13.8 Å². The van der Waals surface area contributed by atoms with Crippen LogP contribution < -0.4 is 15.1 Å². The van der Waals surface area contributed by atoms with E-state index in [1.54, 1.807) is 12.1 Å². The fraction of sp³-hybridized carbons (Fsp3) is 0.200. The minimum absolute atomic E-state index is 0.148. The fourth-order valence-corrected chi connectivity index (χ4v) is 2.57. The van der Waals surface area contributed by atoms with Gasteiger partial charge in [-0.2, -0.15) is 0 Å². The van der Waals surface area contributed by atoms with Crippen LogP contribution in [0.2, 0.25) is 0 Å². The Morgan fingerprint density at radius 3 is 2.65 bits per heavy atom. The molecule has 0 spiro atoms. The van der Waals surface area contributed by atoms with Gasteiger partial charge < -0.3 is 13.9 Å². The van der Waals surface area contributed by atoms with Crippen LogP contribution in [0.3, 0.4) is 0 Å². The third kappa shape index (κ3) is 4.08. The molecule has 0 fully saturated rings. The molecule has 0 radical (unpaired) electrons. The zero-order valence-electron chi connectivity index (χ0n) is 14.3. The van der Waals surface area contributed by atoms with Crippen molar-refractivity contribution in [1.82, 2.24) is 0 Å². The molecule has 0 aliphatic rings. The second-order valence-corrected chi connectivity index (χ2v) is 6.05. The Morgan fingerprint density at radius 2 is 1.92 bits per heavy atom. The largest absolute Gasteiger partial charge is 0.482 e. The quantitative estimate of drug-likeness (QED) is 0.392. The summed E-state index contributed by atoms with van der Waals surface area (Å²) >= 11 is 0. The van der Waals surface area contributed by atoms with Crippen molar-refractivity contribution in [2.45, 2.75) is 19.8 Å². The summed E-state index contributed by atoms with van der Waals surface area (Å²) in [4.78, 5) is 23.6. The number of fused-ring (bicyclic) bond motifs is 1. The van der Waals surface area contributed by atoms with Crippen LogP contribution in [0.5, 0.6) is 11.5 Å². The van der Waals surface area contributed by atoms with Crippen LogP contribution in [-0.2, 0) is 4.79 Å². The first-order valence-electron chi connectivity index (χ1n) is 8.09. The molecule has 1 aromatic heterocycles. The summed E-state index contributed by atoms with van der Waals surface area (Å²) in [6.07, 6.45) is 0. The molecule has 3 rings (SSSR count). The van der Waals surface area contributed by atoms with E-state index in [0.29, 0.717) is 5.58 Å². The van der Waals surface area contributed by atoms with Crippen molar-refractivity contribution in [2.75, 3.05) is 6.61 Å². The maximum absolute atomic E-state index is 13.1. The van der Waals surface area contributed by atoms with Gasteiger partial charge >= 0.3 is 11.6 Å². The van der Waals surface area contributed by atoms with Crippen molar-refractivity contribution in [1.29, 1.82) is 0 Å². The van der Waals surface area contributed by atoms with Gasteiger partial charge in [-0.15, -0.1) is 0 Å². The molecule has 0 unspecified atom stereocenters. The molecule has 0 aliphatic heterocycles. The van der Waals surface area contributed by atoms with E-state index in [1.165, 1.54) is 36.4 Å². The average molecular weight is 356 g/mol. The average Bonchev–Trinajstić information content (AvgIpc) is 2.59. The molecule has 0 N–H and O–H groups in total. The van der Waals surface area contributed by atoms with E-state index in [9.17, 15) is 14.0 Å². The highest BCUT2D eigenvalue weighted by molar-refractivity contribution is 5.83. The Labute approximate surface area is 149 Å². The lowest BCUT2D eigenvalue weighted by atomic mass is 10.00. The summed E-state index contributed by atoms with van der Waals surface area (Å²) in [5.74, 6) is -0.505. The maximum atomic E-state index is 13.1. The first-order valence-corrected chi connectivity index (χ1v) is 8.09. The minimum Gasteiger partial charge on any atom is -0.482 e. The van der Waals surface area contributed by atoms with Gasteiger partial charge in [-0.1, -0.05) is 19.9 Å². The molecule has 3 aromatic rings. The Hall–Kier alpha value is -3.15. The summed E-state index contributed by atoms with van der Waals surface area (Å²) in [6.45, 7) is 3.58. The number of hydrogen-bond acceptors (Lipinski definition) is 5. The molecule has 1 heterocycles. The lowest BCUT2D eigenvalue weighted by Crippen LogP contribution is -2.17. The van der Waals surface area contributed by atoms with Gasteiger partial charge in [-0.25, -0.2) is 14.0 Å². The van der Waals surface area contributed by atoms with Gasteiger partial charge in [0.25, 0.3) is 0 Å². The molecule has 5 nitrogen and oxygen atoms in total. The normalized spacial score (nSPS) is 10.9. The Morgan fingerprint density at radius 1 is 1.12 bits per heavy atom. The number of benzene rings is 2. The summed E-state index contributed by atoms with van der Waals surface area (Å²) in [5, 5.41) is 0.787. The van der Waals surface area contributed by atoms with Gasteiger partial charge in [0.2, 0.25) is 0 Å². The minimum atomic E-state index is -0.657. The lowest BCUT2D eigenvalue weighted by molar-refractivity contribution is -0.136. The van der Waals surface area contributed by atoms with Crippen molar-refractivity contribution in [3.8, 4) is 11.5 Å². The third-order valence-corrected chi connectivity index (χ3v) is 3.75. The van der Waals surface area contributed by atoms with Gasteiger partial charge in [0.05, 0.1) is 0 Å². The van der Waals surface area contributed by atoms with Crippen molar-refractivity contribution < 1.29 is 23.1 Å². The van der Waals surface area contributed by atoms with Gasteiger partial charge in [0.15, 0.2) is 6.61 Å². The molecule has 6 heteroatoms. The third-order valence-electron chi connectivity index (χ3n) is 3.75. The molecule has 0 amide bonds. The number of carbonyl (C=O) groups is 1. The molecule has 0 saturated carbocycles. The van der Waals surface area contributed by atoms with Crippen LogP contribution in [-0.4, -0.2) is 12.6 Å². The van der Waals surface area contributed by atoms with Crippen LogP contribution in [0, 0.1) is 5.82 Å². The molecular weight excluding hydrogens is 339 g/mol. The van der Waals surface area contributed by atoms with E-state index in [2.05, 4.69) is 0 Å². The predicted octanol–water partition coefficient (Wildman–Crippen LogP) is 4.04. The first kappa shape index (κ1) is 17.7. The highest BCUT2D eigenvalue weighted by Gasteiger charge is 2.12. The topological polar surface area (TPSA) is 65.7 Å². The molecule has 26 heavy (non-hydrogen) atoms. The van der Waals surface area contributed by atoms with Crippen molar-refractivity contribution in [2.24, 2.45) is 0 Å². The predicted molar refractivity (Wildman–Crippen MR) is 94.1 cm³/mol. The van der Waals surface area contributed by atoms with E-state index in [0.717, 1.165) is 10.9 Å². The number of hydrogen-bond donors (Lipinski definition) is 0. The monoisotopic (exact) mass is 356 g/mol. The van der Waals surface area contributed by atoms with Crippen LogP contribution in [0.15, 0.2) is 57.7 Å². The molecule has 0 bridgehead atoms. The Kier molecular flexibility index (Phi) is 5.02. The maximum Gasteiger partial charge on any atom is 0.349 e. The van der Waals surface area contributed by atoms with Crippen LogP contribution in [0.1, 0.15) is 25.3 Å². The van der Waals surface area contributed by atoms with Crippen molar-refractivity contribution in [3.05, 3.63) is 70.3 Å². The van der Waals surface area contributed by atoms with E-state index >= 15 is 0 Å². The first-order chi connectivity index (χ1) is 12.4. The van der Waals surface area contributed by atoms with E-state index in [-0.39, 0.29) is 24.0 Å². The molecule has 2 aromatic carbocycles. The number of esters is 1. The van der Waals surface area contributed by atoms with Crippen molar-refractivity contribution >= 4 is 16.9 Å². The number of ether oxygens (including phenoxy) is 2. The van der Waals surface area contributed by atoms with Crippen LogP contribution >= 0.6 is 0 Å². The standard InChI is InChI=1S/C20H17FO5/c1-12(2)17-10-19(22)26-18-9-15(6-7-16(17)18)25-20(23)11-24-14-5-3-4-13(21)8-14/h3-10,12H,11H2,1-2H3. The molecule has 0 atom stereocenters. The highest BCUT2D eigenvalue weighted by atomic mass is 19.1. The molecule has 0 saturated heterocycles. The van der Waals surface area contributed by atoms with E-state index in [4.69, 9.17) is 13.9 Å². The van der Waals surface area contributed by atoms with Crippen LogP contribution in [0.25, 0.3) is 11.0 Å². The smallest absolute Gasteiger partial charge is 0.349 e. The fourth-order valence-electron chi connectivity index (χ4n) is 2.57. The molecule has 134 valence electrons. The van der Waals surface area contributed by atoms with Crippen LogP contribution in [0.4, 0.5) is 4.39 Å². The van der Waals surface area contributed by atoms with Gasteiger partial charge in [-0.3, -0.25) is 0 Å². The van der Waals surface area contributed by atoms with E-state index < -0.39 is 17.4 Å². The van der Waals surface area contributed by atoms with Crippen molar-refractivity contribution in [3.63, 3.8) is 0 Å². The summed E-state index contributed by atoms with van der Waals surface area (Å²) < 4.78 is 28.7. The number of carbonyl (C=O) groups excluding carboxylic acids is 1. The Bertz CT molecular complexity index is 1010. The van der Waals surface area contributed by atoms with Gasteiger partial charge in [0, 0.05) is 23.6 Å². The number of rotatable bonds is 5.